The zero-order valence-corrected chi connectivity index (χ0v) is 12.0. The zero-order chi connectivity index (χ0) is 13.8. The summed E-state index contributed by atoms with van der Waals surface area (Å²) in [6, 6.07) is 8.34. The number of anilines is 1. The van der Waals surface area contributed by atoms with E-state index >= 15 is 0 Å². The molecule has 0 saturated heterocycles. The lowest BCUT2D eigenvalue weighted by molar-refractivity contribution is 0.339. The maximum atomic E-state index is 5.68. The number of hydrogen-bond acceptors (Lipinski definition) is 3. The number of imidazole rings is 1. The Morgan fingerprint density at radius 3 is 2.74 bits per heavy atom. The molecule has 0 aliphatic rings. The van der Waals surface area contributed by atoms with Crippen LogP contribution in [0.25, 0.3) is 5.69 Å². The van der Waals surface area contributed by atoms with Crippen molar-refractivity contribution in [1.29, 1.82) is 0 Å². The molecule has 4 nitrogen and oxygen atoms in total. The van der Waals surface area contributed by atoms with E-state index in [2.05, 4.69) is 24.1 Å². The Hall–Kier alpha value is -1.97. The van der Waals surface area contributed by atoms with Gasteiger partial charge in [-0.05, 0) is 39.8 Å². The molecule has 1 heterocycles. The van der Waals surface area contributed by atoms with Crippen LogP contribution in [-0.4, -0.2) is 22.2 Å². The number of para-hydroxylation sites is 2. The van der Waals surface area contributed by atoms with E-state index in [-0.39, 0.29) is 0 Å². The molecule has 0 spiro atoms. The number of rotatable bonds is 5. The third kappa shape index (κ3) is 3.08. The average molecular weight is 259 g/mol. The minimum atomic E-state index is 0.333. The van der Waals surface area contributed by atoms with Crippen molar-refractivity contribution >= 4 is 5.95 Å². The summed E-state index contributed by atoms with van der Waals surface area (Å²) in [5.41, 5.74) is 1.99. The smallest absolute Gasteiger partial charge is 0.208 e. The Morgan fingerprint density at radius 1 is 1.32 bits per heavy atom. The summed E-state index contributed by atoms with van der Waals surface area (Å²) < 4.78 is 7.73. The fourth-order valence-corrected chi connectivity index (χ4v) is 1.98. The van der Waals surface area contributed by atoms with Gasteiger partial charge >= 0.3 is 0 Å². The van der Waals surface area contributed by atoms with Crippen LogP contribution in [0.3, 0.4) is 0 Å². The standard InChI is InChI=1S/C15H21N3O/c1-5-19-14-9-7-6-8-13(14)18-10-12(4)17-15(18)16-11(2)3/h6-11H,5H2,1-4H3,(H,16,17). The molecule has 2 aromatic rings. The van der Waals surface area contributed by atoms with Gasteiger partial charge in [-0.15, -0.1) is 0 Å². The summed E-state index contributed by atoms with van der Waals surface area (Å²) in [6.07, 6.45) is 2.02. The van der Waals surface area contributed by atoms with Gasteiger partial charge in [0.15, 0.2) is 0 Å². The molecule has 0 aliphatic carbocycles. The van der Waals surface area contributed by atoms with Crippen molar-refractivity contribution in [2.24, 2.45) is 0 Å². The van der Waals surface area contributed by atoms with Crippen LogP contribution in [-0.2, 0) is 0 Å². The molecule has 0 fully saturated rings. The Balaban J connectivity index is 2.46. The number of ether oxygens (including phenoxy) is 1. The van der Waals surface area contributed by atoms with E-state index in [0.717, 1.165) is 23.1 Å². The zero-order valence-electron chi connectivity index (χ0n) is 12.0. The van der Waals surface area contributed by atoms with Crippen molar-refractivity contribution in [2.75, 3.05) is 11.9 Å². The third-order valence-electron chi connectivity index (χ3n) is 2.67. The molecule has 1 N–H and O–H groups in total. The predicted octanol–water partition coefficient (Wildman–Crippen LogP) is 3.40. The van der Waals surface area contributed by atoms with Crippen molar-refractivity contribution in [3.05, 3.63) is 36.2 Å². The lowest BCUT2D eigenvalue weighted by atomic mass is 10.3. The Morgan fingerprint density at radius 2 is 2.05 bits per heavy atom. The topological polar surface area (TPSA) is 39.1 Å². The van der Waals surface area contributed by atoms with Gasteiger partial charge < -0.3 is 10.1 Å². The van der Waals surface area contributed by atoms with Gasteiger partial charge in [-0.1, -0.05) is 12.1 Å². The number of nitrogens with zero attached hydrogens (tertiary/aromatic N) is 2. The summed E-state index contributed by atoms with van der Waals surface area (Å²) in [4.78, 5) is 4.52. The van der Waals surface area contributed by atoms with E-state index in [0.29, 0.717) is 12.6 Å². The van der Waals surface area contributed by atoms with Crippen molar-refractivity contribution in [3.8, 4) is 11.4 Å². The molecule has 0 saturated carbocycles. The Kier molecular flexibility index (Phi) is 4.10. The quantitative estimate of drug-likeness (QED) is 0.894. The number of aryl methyl sites for hydroxylation is 1. The highest BCUT2D eigenvalue weighted by molar-refractivity contribution is 5.52. The normalized spacial score (nSPS) is 10.8. The number of benzene rings is 1. The Labute approximate surface area is 114 Å². The molecule has 0 aliphatic heterocycles. The first-order chi connectivity index (χ1) is 9.11. The summed E-state index contributed by atoms with van der Waals surface area (Å²) in [5, 5.41) is 3.36. The maximum absolute atomic E-state index is 5.68. The van der Waals surface area contributed by atoms with E-state index in [9.17, 15) is 0 Å². The van der Waals surface area contributed by atoms with Crippen LogP contribution < -0.4 is 10.1 Å². The first kappa shape index (κ1) is 13.5. The monoisotopic (exact) mass is 259 g/mol. The lowest BCUT2D eigenvalue weighted by Gasteiger charge is -2.15. The molecule has 0 bridgehead atoms. The molecular formula is C15H21N3O. The first-order valence-corrected chi connectivity index (χ1v) is 6.66. The SMILES string of the molecule is CCOc1ccccc1-n1cc(C)nc1NC(C)C. The van der Waals surface area contributed by atoms with Crippen molar-refractivity contribution < 1.29 is 4.74 Å². The molecular weight excluding hydrogens is 238 g/mol. The molecule has 0 radical (unpaired) electrons. The van der Waals surface area contributed by atoms with Gasteiger partial charge in [0, 0.05) is 12.2 Å². The van der Waals surface area contributed by atoms with E-state index in [4.69, 9.17) is 4.74 Å². The number of hydrogen-bond donors (Lipinski definition) is 1. The van der Waals surface area contributed by atoms with Gasteiger partial charge in [0.25, 0.3) is 0 Å². The Bertz CT molecular complexity index is 546. The lowest BCUT2D eigenvalue weighted by Crippen LogP contribution is -2.14. The van der Waals surface area contributed by atoms with Crippen LogP contribution >= 0.6 is 0 Å². The van der Waals surface area contributed by atoms with Gasteiger partial charge in [0.05, 0.1) is 18.0 Å². The molecule has 1 aromatic carbocycles. The molecule has 0 atom stereocenters. The van der Waals surface area contributed by atoms with E-state index in [1.165, 1.54) is 0 Å². The second kappa shape index (κ2) is 5.78. The van der Waals surface area contributed by atoms with Gasteiger partial charge in [-0.25, -0.2) is 4.98 Å². The van der Waals surface area contributed by atoms with Crippen molar-refractivity contribution in [1.82, 2.24) is 9.55 Å². The second-order valence-corrected chi connectivity index (χ2v) is 4.78. The largest absolute Gasteiger partial charge is 0.492 e. The molecule has 2 rings (SSSR count). The summed E-state index contributed by atoms with van der Waals surface area (Å²) in [5.74, 6) is 1.72. The third-order valence-corrected chi connectivity index (χ3v) is 2.67. The summed E-state index contributed by atoms with van der Waals surface area (Å²) in [6.45, 7) is 8.83. The van der Waals surface area contributed by atoms with Crippen LogP contribution in [0.2, 0.25) is 0 Å². The minimum absolute atomic E-state index is 0.333. The van der Waals surface area contributed by atoms with Crippen LogP contribution in [0.1, 0.15) is 26.5 Å². The number of nitrogens with one attached hydrogen (secondary N) is 1. The van der Waals surface area contributed by atoms with E-state index in [1.807, 2.05) is 48.9 Å². The first-order valence-electron chi connectivity index (χ1n) is 6.66. The van der Waals surface area contributed by atoms with Crippen LogP contribution in [0, 0.1) is 6.92 Å². The highest BCUT2D eigenvalue weighted by Gasteiger charge is 2.12. The van der Waals surface area contributed by atoms with Crippen molar-refractivity contribution in [2.45, 2.75) is 33.7 Å². The van der Waals surface area contributed by atoms with Crippen molar-refractivity contribution in [3.63, 3.8) is 0 Å². The molecule has 0 amide bonds. The minimum Gasteiger partial charge on any atom is -0.492 e. The predicted molar refractivity (Wildman–Crippen MR) is 78.2 cm³/mol. The van der Waals surface area contributed by atoms with Gasteiger partial charge in [0.1, 0.15) is 5.75 Å². The van der Waals surface area contributed by atoms with E-state index in [1.54, 1.807) is 0 Å². The summed E-state index contributed by atoms with van der Waals surface area (Å²) >= 11 is 0. The number of aromatic nitrogens is 2. The average Bonchev–Trinajstić information content (AvgIpc) is 2.70. The molecule has 0 unspecified atom stereocenters. The van der Waals surface area contributed by atoms with Crippen LogP contribution in [0.5, 0.6) is 5.75 Å². The van der Waals surface area contributed by atoms with Crippen LogP contribution in [0.4, 0.5) is 5.95 Å². The molecule has 19 heavy (non-hydrogen) atoms. The highest BCUT2D eigenvalue weighted by atomic mass is 16.5. The molecule has 1 aromatic heterocycles. The fourth-order valence-electron chi connectivity index (χ4n) is 1.98. The molecule has 4 heteroatoms. The maximum Gasteiger partial charge on any atom is 0.208 e. The highest BCUT2D eigenvalue weighted by Crippen LogP contribution is 2.26. The van der Waals surface area contributed by atoms with E-state index < -0.39 is 0 Å². The van der Waals surface area contributed by atoms with Gasteiger partial charge in [0.2, 0.25) is 5.95 Å². The summed E-state index contributed by atoms with van der Waals surface area (Å²) in [7, 11) is 0. The van der Waals surface area contributed by atoms with Gasteiger partial charge in [-0.3, -0.25) is 4.57 Å². The second-order valence-electron chi connectivity index (χ2n) is 4.78. The van der Waals surface area contributed by atoms with Gasteiger partial charge in [-0.2, -0.15) is 0 Å². The van der Waals surface area contributed by atoms with Crippen LogP contribution in [0.15, 0.2) is 30.5 Å². The molecule has 102 valence electrons. The fraction of sp³-hybridized carbons (Fsp3) is 0.400.